The van der Waals surface area contributed by atoms with Gasteiger partial charge in [-0.2, -0.15) is 0 Å². The zero-order valence-electron chi connectivity index (χ0n) is 16.2. The molecule has 0 heterocycles. The number of carbonyl (C=O) groups is 2. The highest BCUT2D eigenvalue weighted by molar-refractivity contribution is 7.47. The van der Waals surface area contributed by atoms with E-state index >= 15 is 0 Å². The fraction of sp³-hybridized carbons (Fsp3) is 0.733. The third-order valence-electron chi connectivity index (χ3n) is 2.81. The van der Waals surface area contributed by atoms with Gasteiger partial charge in [-0.3, -0.25) is 9.05 Å². The van der Waals surface area contributed by atoms with Gasteiger partial charge in [-0.25, -0.2) is 14.2 Å². The number of carbonyl (C=O) groups excluding carboxylic acids is 2. The Morgan fingerprint density at radius 3 is 2.33 bits per heavy atom. The van der Waals surface area contributed by atoms with Crippen molar-refractivity contribution in [2.45, 2.75) is 13.0 Å². The smallest absolute Gasteiger partial charge is 0.460 e. The summed E-state index contributed by atoms with van der Waals surface area (Å²) in [6.45, 7) is 4.32. The van der Waals surface area contributed by atoms with Gasteiger partial charge in [0.25, 0.3) is 0 Å². The molecule has 27 heavy (non-hydrogen) atoms. The van der Waals surface area contributed by atoms with Crippen molar-refractivity contribution < 1.29 is 47.2 Å². The third kappa shape index (κ3) is 15.3. The Morgan fingerprint density at radius 2 is 1.78 bits per heavy atom. The van der Waals surface area contributed by atoms with Crippen molar-refractivity contribution in [3.8, 4) is 0 Å². The fourth-order valence-corrected chi connectivity index (χ4v) is 2.09. The molecule has 3 N–H and O–H groups in total. The van der Waals surface area contributed by atoms with Gasteiger partial charge in [-0.05, 0) is 6.92 Å². The maximum atomic E-state index is 11.6. The van der Waals surface area contributed by atoms with Crippen LogP contribution in [0, 0.1) is 0 Å². The van der Waals surface area contributed by atoms with Crippen LogP contribution in [0.25, 0.3) is 0 Å². The van der Waals surface area contributed by atoms with Crippen molar-refractivity contribution in [1.29, 1.82) is 0 Å². The molecule has 0 aliphatic rings. The fourth-order valence-electron chi connectivity index (χ4n) is 1.34. The Morgan fingerprint density at radius 1 is 1.15 bits per heavy atom. The second-order valence-electron chi connectivity index (χ2n) is 6.71. The molecule has 1 unspecified atom stereocenters. The van der Waals surface area contributed by atoms with Crippen molar-refractivity contribution in [2.75, 3.05) is 60.7 Å². The maximum Gasteiger partial charge on any atom is 0.472 e. The number of rotatable bonds is 13. The van der Waals surface area contributed by atoms with Crippen LogP contribution in [0.1, 0.15) is 6.92 Å². The number of ether oxygens (including phenoxy) is 2. The van der Waals surface area contributed by atoms with Crippen molar-refractivity contribution >= 4 is 19.9 Å². The van der Waals surface area contributed by atoms with Crippen LogP contribution < -0.4 is 5.32 Å². The van der Waals surface area contributed by atoms with E-state index in [0.717, 1.165) is 0 Å². The minimum atomic E-state index is -4.30. The zero-order chi connectivity index (χ0) is 21.1. The van der Waals surface area contributed by atoms with Crippen LogP contribution in [-0.2, 0) is 27.9 Å². The van der Waals surface area contributed by atoms with Gasteiger partial charge >= 0.3 is 19.9 Å². The van der Waals surface area contributed by atoms with E-state index in [1.165, 1.54) is 6.92 Å². The first-order chi connectivity index (χ1) is 12.3. The van der Waals surface area contributed by atoms with Gasteiger partial charge in [0.05, 0.1) is 34.3 Å². The predicted molar refractivity (Wildman–Crippen MR) is 95.8 cm³/mol. The molecule has 0 aromatic rings. The molecule has 0 fully saturated rings. The molecule has 0 saturated carbocycles. The molecule has 0 saturated heterocycles. The summed E-state index contributed by atoms with van der Waals surface area (Å²) in [4.78, 5) is 32.0. The molecule has 0 rings (SSSR count). The summed E-state index contributed by atoms with van der Waals surface area (Å²) in [6.07, 6.45) is -2.17. The van der Waals surface area contributed by atoms with Gasteiger partial charge < -0.3 is 29.3 Å². The number of phosphoric ester groups is 1. The van der Waals surface area contributed by atoms with E-state index in [9.17, 15) is 24.2 Å². The molecule has 0 aliphatic carbocycles. The second-order valence-corrected chi connectivity index (χ2v) is 8.16. The molecule has 0 spiro atoms. The summed E-state index contributed by atoms with van der Waals surface area (Å²) >= 11 is 0. The lowest BCUT2D eigenvalue weighted by Crippen LogP contribution is -2.37. The first-order valence-electron chi connectivity index (χ1n) is 8.16. The van der Waals surface area contributed by atoms with Crippen LogP contribution in [0.2, 0.25) is 0 Å². The Kier molecular flexibility index (Phi) is 11.4. The number of quaternary nitrogens is 1. The van der Waals surface area contributed by atoms with Crippen LogP contribution in [-0.4, -0.2) is 93.3 Å². The van der Waals surface area contributed by atoms with Gasteiger partial charge in [-0.15, -0.1) is 0 Å². The number of aliphatic hydroxyl groups is 1. The van der Waals surface area contributed by atoms with E-state index in [1.54, 1.807) is 0 Å². The molecule has 0 aromatic heterocycles. The molecule has 0 radical (unpaired) electrons. The Balaban J connectivity index is 3.90. The highest BCUT2D eigenvalue weighted by Gasteiger charge is 2.24. The predicted octanol–water partition coefficient (Wildman–Crippen LogP) is 0.0326. The van der Waals surface area contributed by atoms with Crippen LogP contribution in [0.5, 0.6) is 0 Å². The van der Waals surface area contributed by atoms with Gasteiger partial charge in [0.1, 0.15) is 32.5 Å². The zero-order valence-corrected chi connectivity index (χ0v) is 17.1. The van der Waals surface area contributed by atoms with E-state index in [2.05, 4.69) is 16.4 Å². The van der Waals surface area contributed by atoms with Crippen molar-refractivity contribution in [3.05, 3.63) is 12.2 Å². The third-order valence-corrected chi connectivity index (χ3v) is 3.79. The van der Waals surface area contributed by atoms with E-state index in [4.69, 9.17) is 14.0 Å². The highest BCUT2D eigenvalue weighted by Crippen LogP contribution is 2.43. The minimum absolute atomic E-state index is 0.00221. The molecule has 158 valence electrons. The molecule has 11 nitrogen and oxygen atoms in total. The number of nitrogens with zero attached hydrogens (tertiary/aromatic N) is 1. The molecule has 12 heteroatoms. The minimum Gasteiger partial charge on any atom is -0.460 e. The number of alkyl carbamates (subject to hydrolysis) is 1. The molecular weight excluding hydrogens is 383 g/mol. The Labute approximate surface area is 159 Å². The standard InChI is InChI=1S/C15H29N2O9P/c1-12(2)14(19)23-8-6-16-15(20)24-10-13(18)11-26-27(21,22)25-9-7-17(3,4)5/h13,18H,1,6-11H2,2-5H3,(H-,16,20,21,22)/p+1/t13-/m1/s1. The summed E-state index contributed by atoms with van der Waals surface area (Å²) in [5, 5.41) is 11.9. The van der Waals surface area contributed by atoms with Gasteiger partial charge in [0, 0.05) is 5.57 Å². The van der Waals surface area contributed by atoms with Gasteiger partial charge in [-0.1, -0.05) is 6.58 Å². The number of hydrogen-bond donors (Lipinski definition) is 3. The van der Waals surface area contributed by atoms with Crippen LogP contribution in [0.3, 0.4) is 0 Å². The number of hydrogen-bond acceptors (Lipinski definition) is 8. The SMILES string of the molecule is C=C(C)C(=O)OCCNC(=O)OC[C@@H](O)COP(=O)(O)OCC[N+](C)(C)C. The van der Waals surface area contributed by atoms with Gasteiger partial charge in [0.15, 0.2) is 0 Å². The summed E-state index contributed by atoms with van der Waals surface area (Å²) in [7, 11) is 1.38. The monoisotopic (exact) mass is 413 g/mol. The Hall–Kier alpha value is -1.49. The van der Waals surface area contributed by atoms with Crippen molar-refractivity contribution in [1.82, 2.24) is 5.32 Å². The normalized spacial score (nSPS) is 14.7. The Bertz CT molecular complexity index is 548. The van der Waals surface area contributed by atoms with E-state index in [1.807, 2.05) is 21.1 Å². The molecule has 2 atom stereocenters. The first kappa shape index (κ1) is 25.5. The van der Waals surface area contributed by atoms with Crippen LogP contribution in [0.4, 0.5) is 4.79 Å². The summed E-state index contributed by atoms with van der Waals surface area (Å²) in [5.41, 5.74) is 0.239. The van der Waals surface area contributed by atoms with Crippen LogP contribution >= 0.6 is 7.82 Å². The van der Waals surface area contributed by atoms with E-state index < -0.39 is 39.2 Å². The van der Waals surface area contributed by atoms with E-state index in [0.29, 0.717) is 11.0 Å². The molecule has 1 amide bonds. The molecule has 0 bridgehead atoms. The first-order valence-corrected chi connectivity index (χ1v) is 9.65. The quantitative estimate of drug-likeness (QED) is 0.125. The lowest BCUT2D eigenvalue weighted by Gasteiger charge is -2.24. The topological polar surface area (TPSA) is 141 Å². The number of nitrogens with one attached hydrogen (secondary N) is 1. The molecular formula is C15H30N2O9P+. The average molecular weight is 413 g/mol. The molecule has 0 aromatic carbocycles. The number of aliphatic hydroxyl groups excluding tert-OH is 1. The molecule has 0 aliphatic heterocycles. The lowest BCUT2D eigenvalue weighted by molar-refractivity contribution is -0.870. The van der Waals surface area contributed by atoms with Crippen LogP contribution in [0.15, 0.2) is 12.2 Å². The summed E-state index contributed by atoms with van der Waals surface area (Å²) < 4.78 is 31.1. The number of likely N-dealkylation sites (N-methyl/N-ethyl adjacent to an activating group) is 1. The average Bonchev–Trinajstić information content (AvgIpc) is 2.53. The lowest BCUT2D eigenvalue weighted by atomic mass is 10.4. The van der Waals surface area contributed by atoms with Gasteiger partial charge in [0.2, 0.25) is 0 Å². The second kappa shape index (κ2) is 12.1. The highest BCUT2D eigenvalue weighted by atomic mass is 31.2. The number of phosphoric acid groups is 1. The van der Waals surface area contributed by atoms with E-state index in [-0.39, 0.29) is 25.3 Å². The number of esters is 1. The van der Waals surface area contributed by atoms with Crippen molar-refractivity contribution in [3.63, 3.8) is 0 Å². The summed E-state index contributed by atoms with van der Waals surface area (Å²) in [6, 6.07) is 0. The number of amides is 1. The maximum absolute atomic E-state index is 11.6. The summed E-state index contributed by atoms with van der Waals surface area (Å²) in [5.74, 6) is -0.574. The van der Waals surface area contributed by atoms with Crippen molar-refractivity contribution in [2.24, 2.45) is 0 Å². The largest absolute Gasteiger partial charge is 0.472 e.